The summed E-state index contributed by atoms with van der Waals surface area (Å²) in [6.07, 6.45) is -3.64. The Morgan fingerprint density at radius 1 is 1.19 bits per heavy atom. The molecule has 0 bridgehead atoms. The number of benzene rings is 1. The zero-order valence-electron chi connectivity index (χ0n) is 13.9. The van der Waals surface area contributed by atoms with Crippen LogP contribution in [0.4, 0.5) is 13.2 Å². The Kier molecular flexibility index (Phi) is 5.78. The predicted octanol–water partition coefficient (Wildman–Crippen LogP) is 2.34. The smallest absolute Gasteiger partial charge is 0.224 e. The van der Waals surface area contributed by atoms with E-state index in [0.29, 0.717) is 16.7 Å². The molecule has 0 fully saturated rings. The Hall–Kier alpha value is -3.25. The van der Waals surface area contributed by atoms with Crippen LogP contribution in [0.5, 0.6) is 0 Å². The minimum atomic E-state index is -2.15. The average molecular weight is 373 g/mol. The van der Waals surface area contributed by atoms with Crippen molar-refractivity contribution in [1.29, 1.82) is 0 Å². The summed E-state index contributed by atoms with van der Waals surface area (Å²) in [5.74, 6) is 5.36. The van der Waals surface area contributed by atoms with Crippen molar-refractivity contribution in [2.45, 2.75) is 25.0 Å². The quantitative estimate of drug-likeness (QED) is 0.695. The van der Waals surface area contributed by atoms with Crippen LogP contribution in [0.15, 0.2) is 48.9 Å². The Balaban J connectivity index is 1.64. The fourth-order valence-corrected chi connectivity index (χ4v) is 2.29. The third kappa shape index (κ3) is 4.68. The molecule has 2 aromatic heterocycles. The van der Waals surface area contributed by atoms with Gasteiger partial charge in [0.2, 0.25) is 6.30 Å². The highest BCUT2D eigenvalue weighted by atomic mass is 19.2. The van der Waals surface area contributed by atoms with Gasteiger partial charge in [0, 0.05) is 18.2 Å². The summed E-state index contributed by atoms with van der Waals surface area (Å²) in [5.41, 5.74) is 1.10. The molecule has 27 heavy (non-hydrogen) atoms. The second-order valence-corrected chi connectivity index (χ2v) is 5.64. The summed E-state index contributed by atoms with van der Waals surface area (Å²) >= 11 is 0. The highest BCUT2D eigenvalue weighted by Gasteiger charge is 2.32. The molecule has 3 unspecified atom stereocenters. The van der Waals surface area contributed by atoms with Crippen LogP contribution in [0.3, 0.4) is 0 Å². The predicted molar refractivity (Wildman–Crippen MR) is 89.0 cm³/mol. The maximum Gasteiger partial charge on any atom is 0.224 e. The van der Waals surface area contributed by atoms with Crippen molar-refractivity contribution in [3.63, 3.8) is 0 Å². The number of rotatable bonds is 5. The molecule has 2 heterocycles. The number of aliphatic hydroxyl groups is 1. The van der Waals surface area contributed by atoms with Crippen LogP contribution in [-0.4, -0.2) is 36.4 Å². The van der Waals surface area contributed by atoms with Crippen molar-refractivity contribution in [3.8, 4) is 11.8 Å². The largest absolute Gasteiger partial charge is 0.385 e. The summed E-state index contributed by atoms with van der Waals surface area (Å²) in [4.78, 5) is 3.88. The van der Waals surface area contributed by atoms with Gasteiger partial charge in [-0.3, -0.25) is 4.98 Å². The Labute approximate surface area is 152 Å². The third-order valence-electron chi connectivity index (χ3n) is 3.68. The zero-order valence-corrected chi connectivity index (χ0v) is 13.9. The first-order valence-corrected chi connectivity index (χ1v) is 7.92. The van der Waals surface area contributed by atoms with Crippen LogP contribution >= 0.6 is 0 Å². The Morgan fingerprint density at radius 3 is 2.70 bits per heavy atom. The van der Waals surface area contributed by atoms with Crippen molar-refractivity contribution < 1.29 is 18.3 Å². The molecule has 0 saturated carbocycles. The summed E-state index contributed by atoms with van der Waals surface area (Å²) in [7, 11) is 0. The number of aromatic nitrogens is 5. The highest BCUT2D eigenvalue weighted by molar-refractivity contribution is 5.34. The molecule has 3 aromatic rings. The van der Waals surface area contributed by atoms with E-state index in [9.17, 15) is 18.3 Å². The van der Waals surface area contributed by atoms with E-state index in [0.717, 1.165) is 11.9 Å². The molecule has 3 atom stereocenters. The molecule has 0 spiro atoms. The highest BCUT2D eigenvalue weighted by Crippen LogP contribution is 2.27. The van der Waals surface area contributed by atoms with E-state index in [-0.39, 0.29) is 11.5 Å². The number of tetrazole rings is 1. The van der Waals surface area contributed by atoms with Crippen molar-refractivity contribution in [3.05, 3.63) is 71.6 Å². The van der Waals surface area contributed by atoms with E-state index in [1.165, 1.54) is 30.5 Å². The molecule has 6 nitrogen and oxygen atoms in total. The number of halogens is 3. The molecule has 1 N–H and O–H groups in total. The van der Waals surface area contributed by atoms with E-state index in [1.54, 1.807) is 12.1 Å². The number of hydrogen-bond acceptors (Lipinski definition) is 5. The molecule has 1 aromatic carbocycles. The van der Waals surface area contributed by atoms with E-state index < -0.39 is 18.6 Å². The van der Waals surface area contributed by atoms with E-state index in [4.69, 9.17) is 0 Å². The van der Waals surface area contributed by atoms with Crippen LogP contribution in [-0.2, 0) is 6.42 Å². The third-order valence-corrected chi connectivity index (χ3v) is 3.68. The summed E-state index contributed by atoms with van der Waals surface area (Å²) in [6.45, 7) is 0. The number of hydrogen-bond donors (Lipinski definition) is 1. The molecule has 0 aliphatic heterocycles. The van der Waals surface area contributed by atoms with E-state index >= 15 is 0 Å². The van der Waals surface area contributed by atoms with Gasteiger partial charge in [0.25, 0.3) is 0 Å². The lowest BCUT2D eigenvalue weighted by Crippen LogP contribution is -2.26. The van der Waals surface area contributed by atoms with Gasteiger partial charge in [-0.1, -0.05) is 24.0 Å². The number of pyridine rings is 1. The second-order valence-electron chi connectivity index (χ2n) is 5.64. The molecule has 0 aliphatic carbocycles. The molecule has 0 radical (unpaired) electrons. The maximum atomic E-state index is 14.3. The van der Waals surface area contributed by atoms with Gasteiger partial charge in [-0.25, -0.2) is 13.2 Å². The summed E-state index contributed by atoms with van der Waals surface area (Å²) in [5, 5.41) is 19.6. The van der Waals surface area contributed by atoms with E-state index in [1.807, 2.05) is 0 Å². The molecular formula is C18H14F3N5O. The minimum Gasteiger partial charge on any atom is -0.385 e. The summed E-state index contributed by atoms with van der Waals surface area (Å²) < 4.78 is 42.0. The molecule has 9 heteroatoms. The molecule has 0 saturated heterocycles. The van der Waals surface area contributed by atoms with Crippen molar-refractivity contribution in [1.82, 2.24) is 25.2 Å². The lowest BCUT2D eigenvalue weighted by atomic mass is 10.1. The zero-order chi connectivity index (χ0) is 19.2. The lowest BCUT2D eigenvalue weighted by molar-refractivity contribution is -0.0294. The molecule has 138 valence electrons. The molecule has 0 amide bonds. The number of aliphatic hydroxyl groups excluding tert-OH is 1. The topological polar surface area (TPSA) is 76.7 Å². The number of alkyl halides is 2. The first-order valence-electron chi connectivity index (χ1n) is 7.92. The van der Waals surface area contributed by atoms with Gasteiger partial charge in [-0.05, 0) is 40.3 Å². The summed E-state index contributed by atoms with van der Waals surface area (Å²) in [6, 6.07) is 8.91. The van der Waals surface area contributed by atoms with Crippen LogP contribution in [0.1, 0.15) is 29.3 Å². The van der Waals surface area contributed by atoms with Crippen LogP contribution in [0, 0.1) is 17.7 Å². The van der Waals surface area contributed by atoms with Gasteiger partial charge in [0.1, 0.15) is 18.2 Å². The average Bonchev–Trinajstić information content (AvgIpc) is 3.22. The van der Waals surface area contributed by atoms with E-state index in [2.05, 4.69) is 32.4 Å². The molecule has 0 aliphatic rings. The lowest BCUT2D eigenvalue weighted by Gasteiger charge is -2.18. The van der Waals surface area contributed by atoms with Gasteiger partial charge >= 0.3 is 0 Å². The minimum absolute atomic E-state index is 0.145. The first-order chi connectivity index (χ1) is 13.0. The van der Waals surface area contributed by atoms with Gasteiger partial charge in [-0.2, -0.15) is 4.68 Å². The van der Waals surface area contributed by atoms with Crippen molar-refractivity contribution in [2.24, 2.45) is 0 Å². The van der Waals surface area contributed by atoms with Gasteiger partial charge < -0.3 is 5.11 Å². The fraction of sp³-hybridized carbons (Fsp3) is 0.222. The monoisotopic (exact) mass is 373 g/mol. The van der Waals surface area contributed by atoms with Gasteiger partial charge in [0.15, 0.2) is 6.17 Å². The Bertz CT molecular complexity index is 938. The van der Waals surface area contributed by atoms with Crippen LogP contribution < -0.4 is 0 Å². The fourth-order valence-electron chi connectivity index (χ4n) is 2.29. The molecule has 3 rings (SSSR count). The van der Waals surface area contributed by atoms with Crippen LogP contribution in [0.2, 0.25) is 0 Å². The van der Waals surface area contributed by atoms with Crippen molar-refractivity contribution in [2.75, 3.05) is 0 Å². The Morgan fingerprint density at radius 2 is 2.04 bits per heavy atom. The normalized spacial score (nSPS) is 14.1. The molecular weight excluding hydrogens is 359 g/mol. The van der Waals surface area contributed by atoms with Crippen molar-refractivity contribution >= 4 is 0 Å². The maximum absolute atomic E-state index is 14.3. The SMILES string of the molecule is OC(C(F)c1ccc(C#CCc2cccc(F)c2)cn1)C(F)n1cnnn1. The van der Waals surface area contributed by atoms with Crippen LogP contribution in [0.25, 0.3) is 0 Å². The van der Waals surface area contributed by atoms with Gasteiger partial charge in [0.05, 0.1) is 5.69 Å². The first kappa shape index (κ1) is 18.5. The van der Waals surface area contributed by atoms with Gasteiger partial charge in [-0.15, -0.1) is 5.10 Å². The second kappa shape index (κ2) is 8.42. The standard InChI is InChI=1S/C18H14F3N5O/c19-14-6-2-4-12(9-14)3-1-5-13-7-8-15(22-10-13)16(20)17(27)18(21)26-11-23-24-25-26/h2,4,6-11,16-18,27H,3H2. The number of nitrogens with zero attached hydrogens (tertiary/aromatic N) is 5.